The standard InChI is InChI=1S/C17H12Cl2F3N3O2/c18-8-4-11(16(27)25-9-1-2-9)13(12(19)5-8)10-3-7(17(20,21)22)6-24-14(10)15(23)26/h3-6,9H,1-2H2,(H2,23,26)(H,25,27). The monoisotopic (exact) mass is 417 g/mol. The third-order valence-electron chi connectivity index (χ3n) is 3.93. The van der Waals surface area contributed by atoms with E-state index in [-0.39, 0.29) is 32.8 Å². The largest absolute Gasteiger partial charge is 0.417 e. The summed E-state index contributed by atoms with van der Waals surface area (Å²) in [5, 5.41) is 2.72. The minimum absolute atomic E-state index is 0.0154. The zero-order valence-corrected chi connectivity index (χ0v) is 15.0. The second-order valence-corrected chi connectivity index (χ2v) is 6.88. The summed E-state index contributed by atoms with van der Waals surface area (Å²) in [6.45, 7) is 0. The van der Waals surface area contributed by atoms with Crippen LogP contribution in [0.4, 0.5) is 13.2 Å². The predicted molar refractivity (Wildman–Crippen MR) is 93.7 cm³/mol. The Balaban J connectivity index is 2.25. The molecule has 142 valence electrons. The van der Waals surface area contributed by atoms with E-state index in [1.807, 2.05) is 0 Å². The molecule has 1 heterocycles. The van der Waals surface area contributed by atoms with E-state index in [1.165, 1.54) is 12.1 Å². The van der Waals surface area contributed by atoms with Crippen molar-refractivity contribution in [2.24, 2.45) is 5.73 Å². The van der Waals surface area contributed by atoms with Gasteiger partial charge in [0.15, 0.2) is 0 Å². The summed E-state index contributed by atoms with van der Waals surface area (Å²) in [5.74, 6) is -1.62. The Morgan fingerprint density at radius 2 is 1.85 bits per heavy atom. The van der Waals surface area contributed by atoms with E-state index < -0.39 is 29.2 Å². The summed E-state index contributed by atoms with van der Waals surface area (Å²) in [5.41, 5.74) is 3.26. The molecule has 1 aromatic heterocycles. The van der Waals surface area contributed by atoms with Crippen molar-refractivity contribution in [1.82, 2.24) is 10.3 Å². The van der Waals surface area contributed by atoms with Crippen molar-refractivity contribution in [2.45, 2.75) is 25.1 Å². The van der Waals surface area contributed by atoms with Crippen LogP contribution in [0.25, 0.3) is 11.1 Å². The van der Waals surface area contributed by atoms with E-state index >= 15 is 0 Å². The Kier molecular flexibility index (Phi) is 5.05. The quantitative estimate of drug-likeness (QED) is 0.786. The normalized spacial score (nSPS) is 14.1. The smallest absolute Gasteiger partial charge is 0.364 e. The molecule has 27 heavy (non-hydrogen) atoms. The van der Waals surface area contributed by atoms with E-state index in [1.54, 1.807) is 0 Å². The van der Waals surface area contributed by atoms with Crippen LogP contribution < -0.4 is 11.1 Å². The van der Waals surface area contributed by atoms with Crippen LogP contribution >= 0.6 is 23.2 Å². The molecule has 1 saturated carbocycles. The van der Waals surface area contributed by atoms with Crippen LogP contribution in [-0.4, -0.2) is 22.8 Å². The molecule has 1 fully saturated rings. The number of benzene rings is 1. The van der Waals surface area contributed by atoms with Crippen LogP contribution in [0.5, 0.6) is 0 Å². The molecule has 5 nitrogen and oxygen atoms in total. The van der Waals surface area contributed by atoms with Crippen LogP contribution in [0.1, 0.15) is 39.3 Å². The molecule has 0 unspecified atom stereocenters. The highest BCUT2D eigenvalue weighted by molar-refractivity contribution is 6.37. The summed E-state index contributed by atoms with van der Waals surface area (Å²) in [6.07, 6.45) is -2.62. The van der Waals surface area contributed by atoms with Crippen molar-refractivity contribution in [1.29, 1.82) is 0 Å². The van der Waals surface area contributed by atoms with E-state index in [0.29, 0.717) is 12.3 Å². The van der Waals surface area contributed by atoms with Crippen molar-refractivity contribution in [3.05, 3.63) is 51.3 Å². The molecule has 0 spiro atoms. The Morgan fingerprint density at radius 1 is 1.19 bits per heavy atom. The Hall–Kier alpha value is -2.32. The maximum Gasteiger partial charge on any atom is 0.417 e. The fraction of sp³-hybridized carbons (Fsp3) is 0.235. The average molecular weight is 418 g/mol. The van der Waals surface area contributed by atoms with E-state index in [4.69, 9.17) is 28.9 Å². The minimum Gasteiger partial charge on any atom is -0.364 e. The lowest BCUT2D eigenvalue weighted by molar-refractivity contribution is -0.137. The van der Waals surface area contributed by atoms with Gasteiger partial charge in [0.2, 0.25) is 0 Å². The summed E-state index contributed by atoms with van der Waals surface area (Å²) in [7, 11) is 0. The van der Waals surface area contributed by atoms with Gasteiger partial charge in [0.05, 0.1) is 16.1 Å². The summed E-state index contributed by atoms with van der Waals surface area (Å²) < 4.78 is 39.4. The van der Waals surface area contributed by atoms with Crippen LogP contribution in [0, 0.1) is 0 Å². The topological polar surface area (TPSA) is 85.1 Å². The minimum atomic E-state index is -4.72. The van der Waals surface area contributed by atoms with Gasteiger partial charge in [-0.25, -0.2) is 4.98 Å². The molecule has 2 amide bonds. The number of primary amides is 1. The van der Waals surface area contributed by atoms with E-state index in [9.17, 15) is 22.8 Å². The Labute approximate surface area is 161 Å². The summed E-state index contributed by atoms with van der Waals surface area (Å²) in [4.78, 5) is 27.8. The molecular formula is C17H12Cl2F3N3O2. The maximum absolute atomic E-state index is 13.1. The van der Waals surface area contributed by atoms with Gasteiger partial charge in [-0.3, -0.25) is 9.59 Å². The number of carbonyl (C=O) groups is 2. The predicted octanol–water partition coefficient (Wildman–Crippen LogP) is 4.07. The van der Waals surface area contributed by atoms with Crippen molar-refractivity contribution in [2.75, 3.05) is 0 Å². The van der Waals surface area contributed by atoms with Crippen LogP contribution in [0.3, 0.4) is 0 Å². The van der Waals surface area contributed by atoms with Gasteiger partial charge >= 0.3 is 6.18 Å². The van der Waals surface area contributed by atoms with Gasteiger partial charge in [0.25, 0.3) is 11.8 Å². The van der Waals surface area contributed by atoms with Crippen molar-refractivity contribution in [3.8, 4) is 11.1 Å². The summed E-state index contributed by atoms with van der Waals surface area (Å²) in [6, 6.07) is 3.21. The second kappa shape index (κ2) is 7.01. The molecule has 2 aromatic rings. The van der Waals surface area contributed by atoms with Crippen LogP contribution in [0.2, 0.25) is 10.0 Å². The molecule has 1 aromatic carbocycles. The number of nitrogens with two attached hydrogens (primary N) is 1. The van der Waals surface area contributed by atoms with Gasteiger partial charge < -0.3 is 11.1 Å². The highest BCUT2D eigenvalue weighted by Gasteiger charge is 2.34. The third-order valence-corrected chi connectivity index (χ3v) is 4.45. The van der Waals surface area contributed by atoms with Crippen molar-refractivity contribution >= 4 is 35.0 Å². The lowest BCUT2D eigenvalue weighted by Gasteiger charge is -2.16. The van der Waals surface area contributed by atoms with Gasteiger partial charge in [-0.2, -0.15) is 13.2 Å². The number of amides is 2. The molecule has 0 atom stereocenters. The number of alkyl halides is 3. The molecule has 0 saturated heterocycles. The second-order valence-electron chi connectivity index (χ2n) is 6.04. The lowest BCUT2D eigenvalue weighted by Crippen LogP contribution is -2.26. The number of pyridine rings is 1. The number of aromatic nitrogens is 1. The van der Waals surface area contributed by atoms with Crippen LogP contribution in [0.15, 0.2) is 24.4 Å². The molecule has 3 N–H and O–H groups in total. The number of hydrogen-bond acceptors (Lipinski definition) is 3. The number of halogens is 5. The third kappa shape index (κ3) is 4.17. The highest BCUT2D eigenvalue weighted by atomic mass is 35.5. The molecule has 0 bridgehead atoms. The zero-order chi connectivity index (χ0) is 19.9. The van der Waals surface area contributed by atoms with E-state index in [2.05, 4.69) is 10.3 Å². The SMILES string of the molecule is NC(=O)c1ncc(C(F)(F)F)cc1-c1c(Cl)cc(Cl)cc1C(=O)NC1CC1. The first-order valence-electron chi connectivity index (χ1n) is 7.75. The summed E-state index contributed by atoms with van der Waals surface area (Å²) >= 11 is 12.1. The zero-order valence-electron chi connectivity index (χ0n) is 13.5. The van der Waals surface area contributed by atoms with Gasteiger partial charge in [-0.1, -0.05) is 23.2 Å². The number of nitrogens with zero attached hydrogens (tertiary/aromatic N) is 1. The number of nitrogens with one attached hydrogen (secondary N) is 1. The molecule has 3 rings (SSSR count). The van der Waals surface area contributed by atoms with Crippen molar-refractivity contribution < 1.29 is 22.8 Å². The number of carbonyl (C=O) groups excluding carboxylic acids is 2. The fourth-order valence-electron chi connectivity index (χ4n) is 2.52. The molecule has 1 aliphatic rings. The Morgan fingerprint density at radius 3 is 2.41 bits per heavy atom. The molecule has 0 aliphatic heterocycles. The van der Waals surface area contributed by atoms with Gasteiger partial charge in [0.1, 0.15) is 5.69 Å². The fourth-order valence-corrected chi connectivity index (χ4v) is 3.12. The first-order valence-corrected chi connectivity index (χ1v) is 8.51. The van der Waals surface area contributed by atoms with Gasteiger partial charge in [-0.15, -0.1) is 0 Å². The Bertz CT molecular complexity index is 944. The molecule has 1 aliphatic carbocycles. The number of rotatable bonds is 4. The lowest BCUT2D eigenvalue weighted by atomic mass is 9.96. The molecular weight excluding hydrogens is 406 g/mol. The van der Waals surface area contributed by atoms with Gasteiger partial charge in [-0.05, 0) is 31.0 Å². The maximum atomic E-state index is 13.1. The average Bonchev–Trinajstić information content (AvgIpc) is 3.36. The first kappa shape index (κ1) is 19.4. The van der Waals surface area contributed by atoms with Gasteiger partial charge in [0, 0.05) is 28.4 Å². The highest BCUT2D eigenvalue weighted by Crippen LogP contribution is 2.39. The van der Waals surface area contributed by atoms with E-state index in [0.717, 1.165) is 12.8 Å². The van der Waals surface area contributed by atoms with Crippen molar-refractivity contribution in [3.63, 3.8) is 0 Å². The van der Waals surface area contributed by atoms with Crippen LogP contribution in [-0.2, 0) is 6.18 Å². The first-order chi connectivity index (χ1) is 12.6. The number of hydrogen-bond donors (Lipinski definition) is 2. The molecule has 10 heteroatoms. The molecule has 0 radical (unpaired) electrons.